The van der Waals surface area contributed by atoms with Crippen LogP contribution in [0.5, 0.6) is 0 Å². The van der Waals surface area contributed by atoms with Gasteiger partial charge in [-0.05, 0) is 58.3 Å². The summed E-state index contributed by atoms with van der Waals surface area (Å²) in [5, 5.41) is 13.4. The third-order valence-electron chi connectivity index (χ3n) is 5.60. The lowest BCUT2D eigenvalue weighted by molar-refractivity contribution is -0.125. The van der Waals surface area contributed by atoms with E-state index in [2.05, 4.69) is 10.6 Å². The van der Waals surface area contributed by atoms with Gasteiger partial charge < -0.3 is 26.0 Å². The molecule has 1 aliphatic heterocycles. The number of carbonyl (C=O) groups is 2. The van der Waals surface area contributed by atoms with Gasteiger partial charge in [-0.3, -0.25) is 10.2 Å². The highest BCUT2D eigenvalue weighted by Gasteiger charge is 2.33. The fraction of sp³-hybridized carbons (Fsp3) is 0.850. The summed E-state index contributed by atoms with van der Waals surface area (Å²) in [5.41, 5.74) is 4.94. The number of likely N-dealkylation sites (tertiary alicyclic amines) is 1. The predicted molar refractivity (Wildman–Crippen MR) is 109 cm³/mol. The molecule has 0 aromatic heterocycles. The average Bonchev–Trinajstić information content (AvgIpc) is 2.64. The molecule has 1 saturated heterocycles. The minimum atomic E-state index is -0.595. The van der Waals surface area contributed by atoms with E-state index in [1.807, 2.05) is 25.7 Å². The third kappa shape index (κ3) is 7.20. The van der Waals surface area contributed by atoms with Crippen LogP contribution in [0.1, 0.15) is 65.7 Å². The molecule has 1 aliphatic carbocycles. The summed E-state index contributed by atoms with van der Waals surface area (Å²) in [4.78, 5) is 27.0. The van der Waals surface area contributed by atoms with E-state index in [1.165, 1.54) is 6.42 Å². The second kappa shape index (κ2) is 9.98. The number of rotatable bonds is 5. The van der Waals surface area contributed by atoms with Crippen LogP contribution in [0.2, 0.25) is 0 Å². The van der Waals surface area contributed by atoms with E-state index in [0.29, 0.717) is 12.5 Å². The van der Waals surface area contributed by atoms with Crippen molar-refractivity contribution >= 4 is 18.0 Å². The number of alkyl carbamates (subject to hydrolysis) is 1. The summed E-state index contributed by atoms with van der Waals surface area (Å²) in [5.74, 6) is 0.516. The number of carbonyl (C=O) groups excluding carboxylic acids is 2. The highest BCUT2D eigenvalue weighted by Crippen LogP contribution is 2.27. The highest BCUT2D eigenvalue weighted by atomic mass is 16.6. The Morgan fingerprint density at radius 1 is 1.14 bits per heavy atom. The highest BCUT2D eigenvalue weighted by molar-refractivity contribution is 5.86. The topological polar surface area (TPSA) is 121 Å². The largest absolute Gasteiger partial charge is 0.444 e. The minimum absolute atomic E-state index is 0.112. The van der Waals surface area contributed by atoms with E-state index in [9.17, 15) is 9.59 Å². The van der Waals surface area contributed by atoms with Crippen molar-refractivity contribution in [3.05, 3.63) is 0 Å². The van der Waals surface area contributed by atoms with Crippen LogP contribution in [0, 0.1) is 17.2 Å². The lowest BCUT2D eigenvalue weighted by Crippen LogP contribution is -2.53. The molecule has 1 saturated carbocycles. The van der Waals surface area contributed by atoms with Gasteiger partial charge in [0.15, 0.2) is 5.96 Å². The summed E-state index contributed by atoms with van der Waals surface area (Å²) in [6, 6.07) is -0.549. The zero-order valence-electron chi connectivity index (χ0n) is 17.6. The normalized spacial score (nSPS) is 20.3. The first-order valence-corrected chi connectivity index (χ1v) is 10.5. The molecule has 160 valence electrons. The molecule has 0 aromatic rings. The van der Waals surface area contributed by atoms with Crippen LogP contribution in [-0.4, -0.2) is 54.1 Å². The van der Waals surface area contributed by atoms with Crippen molar-refractivity contribution in [3.8, 4) is 0 Å². The van der Waals surface area contributed by atoms with Crippen molar-refractivity contribution < 1.29 is 14.3 Å². The molecule has 0 radical (unpaired) electrons. The van der Waals surface area contributed by atoms with Gasteiger partial charge in [0.2, 0.25) is 5.91 Å². The van der Waals surface area contributed by atoms with Crippen LogP contribution in [-0.2, 0) is 9.53 Å². The quantitative estimate of drug-likeness (QED) is 0.420. The molecule has 2 aliphatic rings. The molecule has 8 nitrogen and oxygen atoms in total. The molecule has 0 aromatic carbocycles. The first kappa shape index (κ1) is 22.3. The number of nitrogens with zero attached hydrogens (tertiary/aromatic N) is 1. The molecule has 1 heterocycles. The lowest BCUT2D eigenvalue weighted by Gasteiger charge is -2.33. The fourth-order valence-corrected chi connectivity index (χ4v) is 4.03. The van der Waals surface area contributed by atoms with Crippen LogP contribution in [0.3, 0.4) is 0 Å². The Kier molecular flexibility index (Phi) is 7.95. The standard InChI is InChI=1S/C20H37N5O3/c1-20(2,3)28-19(27)24-16(15-7-5-4-6-8-15)17(26)23-13-14-9-11-25(12-10-14)18(21)22/h14-16H,4-13H2,1-3H3,(H3,21,22)(H,23,26)(H,24,27)/t16-/m0/s1. The van der Waals surface area contributed by atoms with Gasteiger partial charge in [-0.15, -0.1) is 0 Å². The van der Waals surface area contributed by atoms with Crippen molar-refractivity contribution in [2.45, 2.75) is 77.4 Å². The monoisotopic (exact) mass is 395 g/mol. The molecule has 1 atom stereocenters. The molecular weight excluding hydrogens is 358 g/mol. The Labute approximate surface area is 168 Å². The molecule has 5 N–H and O–H groups in total. The summed E-state index contributed by atoms with van der Waals surface area (Å²) >= 11 is 0. The van der Waals surface area contributed by atoms with Gasteiger partial charge in [-0.2, -0.15) is 0 Å². The van der Waals surface area contributed by atoms with Crippen LogP contribution >= 0.6 is 0 Å². The summed E-state index contributed by atoms with van der Waals surface area (Å²) in [6.45, 7) is 7.53. The molecule has 2 fully saturated rings. The number of amides is 2. The van der Waals surface area contributed by atoms with Crippen LogP contribution in [0.15, 0.2) is 0 Å². The van der Waals surface area contributed by atoms with E-state index in [-0.39, 0.29) is 17.8 Å². The molecule has 2 rings (SSSR count). The Bertz CT molecular complexity index is 547. The van der Waals surface area contributed by atoms with Crippen molar-refractivity contribution in [2.24, 2.45) is 17.6 Å². The van der Waals surface area contributed by atoms with Crippen LogP contribution in [0.4, 0.5) is 4.79 Å². The number of piperidine rings is 1. The van der Waals surface area contributed by atoms with E-state index >= 15 is 0 Å². The molecule has 0 bridgehead atoms. The van der Waals surface area contributed by atoms with E-state index in [0.717, 1.165) is 51.6 Å². The minimum Gasteiger partial charge on any atom is -0.444 e. The number of nitrogens with two attached hydrogens (primary N) is 1. The van der Waals surface area contributed by atoms with Gasteiger partial charge in [-0.25, -0.2) is 4.79 Å². The number of hydrogen-bond acceptors (Lipinski definition) is 4. The summed E-state index contributed by atoms with van der Waals surface area (Å²) in [6.07, 6.45) is 6.53. The maximum atomic E-state index is 12.9. The predicted octanol–water partition coefficient (Wildman–Crippen LogP) is 2.18. The van der Waals surface area contributed by atoms with Crippen LogP contribution < -0.4 is 16.4 Å². The van der Waals surface area contributed by atoms with Gasteiger partial charge in [0.25, 0.3) is 0 Å². The SMILES string of the molecule is CC(C)(C)OC(=O)N[C@H](C(=O)NCC1CCN(C(=N)N)CC1)C1CCCCC1. The van der Waals surface area contributed by atoms with Gasteiger partial charge >= 0.3 is 6.09 Å². The van der Waals surface area contributed by atoms with Crippen molar-refractivity contribution in [3.63, 3.8) is 0 Å². The number of hydrogen-bond donors (Lipinski definition) is 4. The summed E-state index contributed by atoms with van der Waals surface area (Å²) in [7, 11) is 0. The number of guanidine groups is 1. The van der Waals surface area contributed by atoms with Crippen LogP contribution in [0.25, 0.3) is 0 Å². The van der Waals surface area contributed by atoms with E-state index in [1.54, 1.807) is 0 Å². The zero-order valence-corrected chi connectivity index (χ0v) is 17.6. The molecule has 0 unspecified atom stereocenters. The number of ether oxygens (including phenoxy) is 1. The fourth-order valence-electron chi connectivity index (χ4n) is 4.03. The second-order valence-corrected chi connectivity index (χ2v) is 9.08. The zero-order chi connectivity index (χ0) is 20.7. The Morgan fingerprint density at radius 2 is 1.75 bits per heavy atom. The van der Waals surface area contributed by atoms with Gasteiger partial charge in [-0.1, -0.05) is 19.3 Å². The van der Waals surface area contributed by atoms with Crippen molar-refractivity contribution in [2.75, 3.05) is 19.6 Å². The van der Waals surface area contributed by atoms with Gasteiger partial charge in [0.05, 0.1) is 0 Å². The van der Waals surface area contributed by atoms with E-state index < -0.39 is 17.7 Å². The first-order valence-electron chi connectivity index (χ1n) is 10.5. The summed E-state index contributed by atoms with van der Waals surface area (Å²) < 4.78 is 5.37. The Balaban J connectivity index is 1.89. The Morgan fingerprint density at radius 3 is 2.29 bits per heavy atom. The lowest BCUT2D eigenvalue weighted by atomic mass is 9.83. The Hall–Kier alpha value is -1.99. The smallest absolute Gasteiger partial charge is 0.408 e. The third-order valence-corrected chi connectivity index (χ3v) is 5.60. The maximum Gasteiger partial charge on any atom is 0.408 e. The molecular formula is C20H37N5O3. The molecule has 0 spiro atoms. The van der Waals surface area contributed by atoms with Gasteiger partial charge in [0, 0.05) is 19.6 Å². The molecule has 2 amide bonds. The van der Waals surface area contributed by atoms with Crippen molar-refractivity contribution in [1.82, 2.24) is 15.5 Å². The average molecular weight is 396 g/mol. The molecule has 28 heavy (non-hydrogen) atoms. The number of nitrogens with one attached hydrogen (secondary N) is 3. The maximum absolute atomic E-state index is 12.9. The van der Waals surface area contributed by atoms with Gasteiger partial charge in [0.1, 0.15) is 11.6 Å². The van der Waals surface area contributed by atoms with E-state index in [4.69, 9.17) is 15.9 Å². The molecule has 8 heteroatoms. The van der Waals surface area contributed by atoms with Crippen molar-refractivity contribution in [1.29, 1.82) is 5.41 Å². The second-order valence-electron chi connectivity index (χ2n) is 9.08. The first-order chi connectivity index (χ1) is 13.2.